The Morgan fingerprint density at radius 1 is 0.903 bits per heavy atom. The van der Waals surface area contributed by atoms with Crippen molar-refractivity contribution in [3.63, 3.8) is 0 Å². The van der Waals surface area contributed by atoms with E-state index in [1.165, 1.54) is 51.4 Å². The van der Waals surface area contributed by atoms with Crippen LogP contribution in [0, 0.1) is 0 Å². The molecule has 2 unspecified atom stereocenters. The summed E-state index contributed by atoms with van der Waals surface area (Å²) in [5.41, 5.74) is 0. The van der Waals surface area contributed by atoms with E-state index in [9.17, 15) is 19.4 Å². The molecular formula is C22H46NO7P. The standard InChI is InChI=1S/C22H46NO7P/c1-5-6-7-8-9-10-11-12-13-14-15-16-22(25)28-19-21(24)20-30-31(26,27)29-18-17-23(2,3)4/h21,24H,5-20H2,1-4H3. The molecule has 2 atom stereocenters. The lowest BCUT2D eigenvalue weighted by atomic mass is 10.1. The summed E-state index contributed by atoms with van der Waals surface area (Å²) in [6, 6.07) is 0. The van der Waals surface area contributed by atoms with Crippen molar-refractivity contribution < 1.29 is 37.6 Å². The number of likely N-dealkylation sites (N-methyl/N-ethyl adjacent to an activating group) is 1. The highest BCUT2D eigenvalue weighted by atomic mass is 31.2. The molecule has 1 N–H and O–H groups in total. The lowest BCUT2D eigenvalue weighted by molar-refractivity contribution is -0.870. The van der Waals surface area contributed by atoms with E-state index in [1.54, 1.807) is 0 Å². The van der Waals surface area contributed by atoms with Crippen LogP contribution < -0.4 is 4.89 Å². The Balaban J connectivity index is 3.63. The predicted octanol–water partition coefficient (Wildman–Crippen LogP) is 3.80. The van der Waals surface area contributed by atoms with E-state index in [-0.39, 0.29) is 19.2 Å². The zero-order chi connectivity index (χ0) is 23.6. The monoisotopic (exact) mass is 467 g/mol. The maximum Gasteiger partial charge on any atom is 0.305 e. The van der Waals surface area contributed by atoms with E-state index in [0.717, 1.165) is 19.3 Å². The second-order valence-corrected chi connectivity index (χ2v) is 10.6. The average molecular weight is 468 g/mol. The van der Waals surface area contributed by atoms with Crippen molar-refractivity contribution in [1.29, 1.82) is 0 Å². The van der Waals surface area contributed by atoms with Crippen LogP contribution in [0.5, 0.6) is 0 Å². The summed E-state index contributed by atoms with van der Waals surface area (Å²) in [5.74, 6) is -0.389. The fourth-order valence-electron chi connectivity index (χ4n) is 2.88. The van der Waals surface area contributed by atoms with Gasteiger partial charge in [-0.3, -0.25) is 9.36 Å². The van der Waals surface area contributed by atoms with E-state index >= 15 is 0 Å². The number of carbonyl (C=O) groups excluding carboxylic acids is 1. The molecule has 186 valence electrons. The molecule has 0 fully saturated rings. The highest BCUT2D eigenvalue weighted by molar-refractivity contribution is 7.45. The molecule has 0 rings (SSSR count). The lowest BCUT2D eigenvalue weighted by Gasteiger charge is -2.27. The molecule has 0 saturated heterocycles. The summed E-state index contributed by atoms with van der Waals surface area (Å²) >= 11 is 0. The fourth-order valence-corrected chi connectivity index (χ4v) is 3.62. The second kappa shape index (κ2) is 18.0. The third-order valence-corrected chi connectivity index (χ3v) is 5.82. The van der Waals surface area contributed by atoms with Gasteiger partial charge in [-0.1, -0.05) is 71.1 Å². The second-order valence-electron chi connectivity index (χ2n) is 9.21. The third kappa shape index (κ3) is 22.5. The Kier molecular flexibility index (Phi) is 17.7. The molecule has 9 heteroatoms. The van der Waals surface area contributed by atoms with Crippen LogP contribution in [0.15, 0.2) is 0 Å². The average Bonchev–Trinajstić information content (AvgIpc) is 2.67. The van der Waals surface area contributed by atoms with E-state index in [4.69, 9.17) is 9.26 Å². The molecule has 0 spiro atoms. The molecule has 0 aliphatic carbocycles. The zero-order valence-electron chi connectivity index (χ0n) is 20.2. The smallest absolute Gasteiger partial charge is 0.305 e. The SMILES string of the molecule is CCCCCCCCCCCCCC(=O)OCC(O)COP(=O)([O-])OCC[N+](C)(C)C. The van der Waals surface area contributed by atoms with E-state index in [0.29, 0.717) is 17.4 Å². The summed E-state index contributed by atoms with van der Waals surface area (Å²) in [6.07, 6.45) is 12.3. The molecule has 0 amide bonds. The maximum atomic E-state index is 11.7. The van der Waals surface area contributed by atoms with Gasteiger partial charge < -0.3 is 28.3 Å². The van der Waals surface area contributed by atoms with Crippen molar-refractivity contribution in [1.82, 2.24) is 0 Å². The first-order valence-electron chi connectivity index (χ1n) is 11.8. The highest BCUT2D eigenvalue weighted by Gasteiger charge is 2.16. The first kappa shape index (κ1) is 30.5. The number of ether oxygens (including phenoxy) is 1. The number of carbonyl (C=O) groups is 1. The van der Waals surface area contributed by atoms with Crippen LogP contribution in [0.3, 0.4) is 0 Å². The van der Waals surface area contributed by atoms with E-state index in [1.807, 2.05) is 21.1 Å². The molecule has 0 aliphatic heterocycles. The molecule has 0 aromatic carbocycles. The number of aliphatic hydroxyl groups excluding tert-OH is 1. The lowest BCUT2D eigenvalue weighted by Crippen LogP contribution is -2.37. The molecule has 8 nitrogen and oxygen atoms in total. The van der Waals surface area contributed by atoms with E-state index < -0.39 is 20.5 Å². The Morgan fingerprint density at radius 2 is 1.42 bits per heavy atom. The number of nitrogens with zero attached hydrogens (tertiary/aromatic N) is 1. The van der Waals surface area contributed by atoms with Crippen molar-refractivity contribution in [3.8, 4) is 0 Å². The van der Waals surface area contributed by atoms with Gasteiger partial charge in [0.05, 0.1) is 27.7 Å². The molecule has 0 radical (unpaired) electrons. The van der Waals surface area contributed by atoms with Crippen molar-refractivity contribution in [2.75, 3.05) is 47.5 Å². The molecule has 0 aromatic heterocycles. The Hall–Kier alpha value is -0.500. The minimum Gasteiger partial charge on any atom is -0.756 e. The van der Waals surface area contributed by atoms with Gasteiger partial charge in [0.2, 0.25) is 0 Å². The van der Waals surface area contributed by atoms with Crippen LogP contribution >= 0.6 is 7.82 Å². The van der Waals surface area contributed by atoms with Crippen molar-refractivity contribution in [2.24, 2.45) is 0 Å². The number of hydrogen-bond donors (Lipinski definition) is 1. The van der Waals surface area contributed by atoms with Crippen LogP contribution in [-0.4, -0.2) is 69.2 Å². The van der Waals surface area contributed by atoms with Crippen molar-refractivity contribution in [2.45, 2.75) is 90.1 Å². The zero-order valence-corrected chi connectivity index (χ0v) is 21.1. The normalized spacial score (nSPS) is 14.9. The number of quaternary nitrogens is 1. The van der Waals surface area contributed by atoms with Crippen LogP contribution in [0.2, 0.25) is 0 Å². The summed E-state index contributed by atoms with van der Waals surface area (Å²) in [4.78, 5) is 23.4. The fraction of sp³-hybridized carbons (Fsp3) is 0.955. The number of rotatable bonds is 21. The largest absolute Gasteiger partial charge is 0.756 e. The van der Waals surface area contributed by atoms with Gasteiger partial charge in [-0.25, -0.2) is 0 Å². The number of hydrogen-bond acceptors (Lipinski definition) is 7. The number of phosphoric acid groups is 1. The van der Waals surface area contributed by atoms with Gasteiger partial charge >= 0.3 is 5.97 Å². The van der Waals surface area contributed by atoms with Gasteiger partial charge in [-0.15, -0.1) is 0 Å². The molecule has 0 heterocycles. The van der Waals surface area contributed by atoms with Crippen molar-refractivity contribution in [3.05, 3.63) is 0 Å². The van der Waals surface area contributed by atoms with Crippen LogP contribution in [0.4, 0.5) is 0 Å². The minimum absolute atomic E-state index is 0.00564. The number of phosphoric ester groups is 1. The van der Waals surface area contributed by atoms with Gasteiger partial charge in [-0.05, 0) is 6.42 Å². The third-order valence-electron chi connectivity index (χ3n) is 4.86. The minimum atomic E-state index is -4.48. The Morgan fingerprint density at radius 3 is 1.94 bits per heavy atom. The van der Waals surface area contributed by atoms with Gasteiger partial charge in [0, 0.05) is 6.42 Å². The number of esters is 1. The van der Waals surface area contributed by atoms with E-state index in [2.05, 4.69) is 11.4 Å². The molecule has 31 heavy (non-hydrogen) atoms. The molecular weight excluding hydrogens is 421 g/mol. The maximum absolute atomic E-state index is 11.7. The summed E-state index contributed by atoms with van der Waals surface area (Å²) in [5, 5.41) is 9.76. The molecule has 0 saturated carbocycles. The van der Waals surface area contributed by atoms with Gasteiger partial charge in [0.1, 0.15) is 25.9 Å². The van der Waals surface area contributed by atoms with Crippen molar-refractivity contribution >= 4 is 13.8 Å². The summed E-state index contributed by atoms with van der Waals surface area (Å²) in [7, 11) is 1.25. The topological polar surface area (TPSA) is 105 Å². The first-order chi connectivity index (χ1) is 14.6. The quantitative estimate of drug-likeness (QED) is 0.118. The van der Waals surface area contributed by atoms with Crippen LogP contribution in [-0.2, 0) is 23.1 Å². The van der Waals surface area contributed by atoms with Gasteiger partial charge in [0.25, 0.3) is 7.82 Å². The number of aliphatic hydroxyl groups is 1. The molecule has 0 bridgehead atoms. The Bertz CT molecular complexity index is 497. The van der Waals surface area contributed by atoms with Crippen LogP contribution in [0.25, 0.3) is 0 Å². The first-order valence-corrected chi connectivity index (χ1v) is 13.3. The molecule has 0 aromatic rings. The summed E-state index contributed by atoms with van der Waals surface area (Å²) in [6.45, 7) is 1.92. The Labute approximate surface area is 189 Å². The van der Waals surface area contributed by atoms with Gasteiger partial charge in [0.15, 0.2) is 0 Å². The van der Waals surface area contributed by atoms with Crippen LogP contribution in [0.1, 0.15) is 84.0 Å². The highest BCUT2D eigenvalue weighted by Crippen LogP contribution is 2.38. The predicted molar refractivity (Wildman–Crippen MR) is 120 cm³/mol. The number of unbranched alkanes of at least 4 members (excludes halogenated alkanes) is 10. The molecule has 0 aliphatic rings. The van der Waals surface area contributed by atoms with Gasteiger partial charge in [-0.2, -0.15) is 0 Å². The summed E-state index contributed by atoms with van der Waals surface area (Å²) < 4.78 is 26.6.